The molecule has 1 heterocycles. The number of benzene rings is 2. The van der Waals surface area contributed by atoms with Gasteiger partial charge in [-0.2, -0.15) is 0 Å². The molecule has 3 rings (SSSR count). The first-order valence-electron chi connectivity index (χ1n) is 9.86. The molecule has 0 saturated carbocycles. The van der Waals surface area contributed by atoms with Crippen LogP contribution < -0.4 is 11.1 Å². The van der Waals surface area contributed by atoms with E-state index in [0.717, 1.165) is 5.56 Å². The Morgan fingerprint density at radius 3 is 2.44 bits per heavy atom. The molecule has 32 heavy (non-hydrogen) atoms. The van der Waals surface area contributed by atoms with E-state index < -0.39 is 0 Å². The van der Waals surface area contributed by atoms with Gasteiger partial charge >= 0.3 is 0 Å². The van der Waals surface area contributed by atoms with Gasteiger partial charge in [0, 0.05) is 61.8 Å². The highest BCUT2D eigenvalue weighted by Gasteiger charge is 2.17. The van der Waals surface area contributed by atoms with Crippen LogP contribution in [0.25, 0.3) is 11.3 Å². The lowest BCUT2D eigenvalue weighted by Crippen LogP contribution is -2.27. The summed E-state index contributed by atoms with van der Waals surface area (Å²) in [5.74, 6) is -0.132. The first-order valence-corrected chi connectivity index (χ1v) is 9.86. The summed E-state index contributed by atoms with van der Waals surface area (Å²) in [6.07, 6.45) is 0. The van der Waals surface area contributed by atoms with Gasteiger partial charge in [-0.25, -0.2) is 0 Å². The van der Waals surface area contributed by atoms with Gasteiger partial charge in [0.15, 0.2) is 5.76 Å². The minimum Gasteiger partial charge on any atom is -0.398 e. The van der Waals surface area contributed by atoms with Crippen LogP contribution in [0.2, 0.25) is 0 Å². The van der Waals surface area contributed by atoms with E-state index in [1.807, 2.05) is 0 Å². The molecule has 9 nitrogen and oxygen atoms in total. The number of aromatic nitrogens is 1. The summed E-state index contributed by atoms with van der Waals surface area (Å²) in [5.41, 5.74) is 9.08. The molecule has 0 saturated heterocycles. The van der Waals surface area contributed by atoms with E-state index in [1.54, 1.807) is 63.7 Å². The fraction of sp³-hybridized carbons (Fsp3) is 0.217. The second-order valence-electron chi connectivity index (χ2n) is 7.28. The molecule has 0 radical (unpaired) electrons. The molecule has 2 aromatic carbocycles. The molecule has 3 aromatic rings. The number of nitrogen functional groups attached to an aromatic ring is 1. The molecule has 1 aromatic heterocycles. The van der Waals surface area contributed by atoms with Crippen molar-refractivity contribution in [3.63, 3.8) is 0 Å². The van der Waals surface area contributed by atoms with Gasteiger partial charge in [0.05, 0.1) is 6.61 Å². The number of carbonyl (C=O) groups is 2. The molecule has 2 amide bonds. The van der Waals surface area contributed by atoms with Crippen LogP contribution in [0, 0.1) is 5.41 Å². The summed E-state index contributed by atoms with van der Waals surface area (Å²) in [6.45, 7) is 0.796. The Hall–Kier alpha value is -3.98. The largest absolute Gasteiger partial charge is 0.398 e. The first kappa shape index (κ1) is 22.7. The summed E-state index contributed by atoms with van der Waals surface area (Å²) in [6, 6.07) is 13.3. The molecular formula is C23H25N5O4. The minimum absolute atomic E-state index is 0.0481. The zero-order valence-electron chi connectivity index (χ0n) is 18.1. The lowest BCUT2D eigenvalue weighted by Gasteiger charge is -2.10. The molecule has 4 N–H and O–H groups in total. The van der Waals surface area contributed by atoms with Gasteiger partial charge in [-0.05, 0) is 30.3 Å². The summed E-state index contributed by atoms with van der Waals surface area (Å²) in [4.78, 5) is 25.7. The molecule has 9 heteroatoms. The summed E-state index contributed by atoms with van der Waals surface area (Å²) < 4.78 is 10.3. The van der Waals surface area contributed by atoms with Crippen molar-refractivity contribution in [2.24, 2.45) is 0 Å². The van der Waals surface area contributed by atoms with E-state index in [2.05, 4.69) is 10.5 Å². The number of anilines is 1. The van der Waals surface area contributed by atoms with Crippen LogP contribution >= 0.6 is 0 Å². The Morgan fingerprint density at radius 1 is 1.12 bits per heavy atom. The second-order valence-corrected chi connectivity index (χ2v) is 7.28. The van der Waals surface area contributed by atoms with Gasteiger partial charge in [-0.15, -0.1) is 0 Å². The van der Waals surface area contributed by atoms with Crippen molar-refractivity contribution in [3.8, 4) is 11.3 Å². The van der Waals surface area contributed by atoms with Crippen LogP contribution in [-0.4, -0.2) is 61.9 Å². The number of hydrogen-bond acceptors (Lipinski definition) is 7. The molecule has 0 unspecified atom stereocenters. The molecular weight excluding hydrogens is 410 g/mol. The average molecular weight is 435 g/mol. The number of nitrogens with zero attached hydrogens (tertiary/aromatic N) is 2. The van der Waals surface area contributed by atoms with Crippen molar-refractivity contribution in [1.82, 2.24) is 15.4 Å². The molecule has 0 bridgehead atoms. The number of hydrogen-bond donors (Lipinski definition) is 3. The Morgan fingerprint density at radius 2 is 1.81 bits per heavy atom. The van der Waals surface area contributed by atoms with Crippen LogP contribution in [0.3, 0.4) is 0 Å². The monoisotopic (exact) mass is 435 g/mol. The molecule has 0 aliphatic rings. The van der Waals surface area contributed by atoms with Crippen molar-refractivity contribution in [1.29, 1.82) is 5.41 Å². The fourth-order valence-electron chi connectivity index (χ4n) is 3.00. The average Bonchev–Trinajstić information content (AvgIpc) is 3.28. The van der Waals surface area contributed by atoms with Crippen molar-refractivity contribution in [2.45, 2.75) is 0 Å². The predicted molar refractivity (Wildman–Crippen MR) is 121 cm³/mol. The van der Waals surface area contributed by atoms with E-state index >= 15 is 0 Å². The minimum atomic E-state index is -0.273. The molecule has 0 spiro atoms. The Kier molecular flexibility index (Phi) is 7.01. The zero-order valence-corrected chi connectivity index (χ0v) is 18.1. The van der Waals surface area contributed by atoms with E-state index in [-0.39, 0.29) is 29.0 Å². The van der Waals surface area contributed by atoms with Gasteiger partial charge in [0.1, 0.15) is 11.4 Å². The molecule has 0 atom stereocenters. The Labute approximate surface area is 185 Å². The van der Waals surface area contributed by atoms with Crippen LogP contribution in [-0.2, 0) is 4.74 Å². The summed E-state index contributed by atoms with van der Waals surface area (Å²) >= 11 is 0. The number of nitrogens with two attached hydrogens (primary N) is 1. The zero-order chi connectivity index (χ0) is 23.3. The summed E-state index contributed by atoms with van der Waals surface area (Å²) in [7, 11) is 4.94. The predicted octanol–water partition coefficient (Wildman–Crippen LogP) is 2.42. The normalized spacial score (nSPS) is 10.6. The molecule has 166 valence electrons. The lowest BCUT2D eigenvalue weighted by molar-refractivity contribution is 0.0827. The Bertz CT molecular complexity index is 1140. The molecule has 0 fully saturated rings. The number of rotatable bonds is 8. The van der Waals surface area contributed by atoms with Gasteiger partial charge in [0.2, 0.25) is 0 Å². The highest BCUT2D eigenvalue weighted by atomic mass is 16.5. The third-order valence-corrected chi connectivity index (χ3v) is 4.77. The SMILES string of the molecule is COCCNC(=O)c1ccc(C(=N)c2cc(-c3ccc(C(=O)N(C)C)cc3)no2)c(N)c1. The van der Waals surface area contributed by atoms with Crippen LogP contribution in [0.4, 0.5) is 5.69 Å². The number of amides is 2. The highest BCUT2D eigenvalue weighted by Crippen LogP contribution is 2.24. The van der Waals surface area contributed by atoms with Crippen molar-refractivity contribution >= 4 is 23.2 Å². The van der Waals surface area contributed by atoms with Crippen molar-refractivity contribution in [3.05, 3.63) is 71.0 Å². The maximum absolute atomic E-state index is 12.2. The standard InChI is InChI=1S/C23H25N5O4/c1-28(2)23(30)15-6-4-14(5-7-15)19-13-20(32-27-19)21(25)17-9-8-16(12-18(17)24)22(29)26-10-11-31-3/h4-9,12-13,25H,10-11,24H2,1-3H3,(H,26,29). The summed E-state index contributed by atoms with van der Waals surface area (Å²) in [5, 5.41) is 15.2. The molecule has 0 aliphatic heterocycles. The third kappa shape index (κ3) is 5.01. The molecule has 0 aliphatic carbocycles. The van der Waals surface area contributed by atoms with E-state index in [1.165, 1.54) is 11.0 Å². The third-order valence-electron chi connectivity index (χ3n) is 4.77. The van der Waals surface area contributed by atoms with Gasteiger partial charge < -0.3 is 25.2 Å². The fourth-order valence-corrected chi connectivity index (χ4v) is 3.00. The lowest BCUT2D eigenvalue weighted by atomic mass is 10.0. The van der Waals surface area contributed by atoms with Crippen LogP contribution in [0.1, 0.15) is 32.0 Å². The van der Waals surface area contributed by atoms with E-state index in [0.29, 0.717) is 35.5 Å². The Balaban J connectivity index is 1.75. The number of ether oxygens (including phenoxy) is 1. The topological polar surface area (TPSA) is 135 Å². The van der Waals surface area contributed by atoms with Gasteiger partial charge in [-0.3, -0.25) is 15.0 Å². The van der Waals surface area contributed by atoms with Crippen molar-refractivity contribution < 1.29 is 18.8 Å². The smallest absolute Gasteiger partial charge is 0.253 e. The highest BCUT2D eigenvalue weighted by molar-refractivity contribution is 6.13. The first-order chi connectivity index (χ1) is 15.3. The number of carbonyl (C=O) groups excluding carboxylic acids is 2. The quantitative estimate of drug-likeness (QED) is 0.283. The van der Waals surface area contributed by atoms with E-state index in [9.17, 15) is 9.59 Å². The second kappa shape index (κ2) is 9.88. The van der Waals surface area contributed by atoms with Crippen LogP contribution in [0.15, 0.2) is 53.1 Å². The van der Waals surface area contributed by atoms with E-state index in [4.69, 9.17) is 20.4 Å². The van der Waals surface area contributed by atoms with Gasteiger partial charge in [-0.1, -0.05) is 17.3 Å². The number of methoxy groups -OCH3 is 1. The maximum Gasteiger partial charge on any atom is 0.253 e. The maximum atomic E-state index is 12.2. The van der Waals surface area contributed by atoms with Gasteiger partial charge in [0.25, 0.3) is 11.8 Å². The number of nitrogens with one attached hydrogen (secondary N) is 2. The van der Waals surface area contributed by atoms with Crippen molar-refractivity contribution in [2.75, 3.05) is 40.1 Å². The van der Waals surface area contributed by atoms with Crippen LogP contribution in [0.5, 0.6) is 0 Å².